The number of sulfonamides is 1. The number of carbonyl (C=O) groups is 4. The third-order valence-corrected chi connectivity index (χ3v) is 6.73. The van der Waals surface area contributed by atoms with E-state index in [4.69, 9.17) is 16.7 Å². The van der Waals surface area contributed by atoms with E-state index in [0.717, 1.165) is 4.90 Å². The van der Waals surface area contributed by atoms with Gasteiger partial charge in [-0.2, -0.15) is 0 Å². The molecule has 0 atom stereocenters. The predicted molar refractivity (Wildman–Crippen MR) is 130 cm³/mol. The topological polar surface area (TPSA) is 164 Å². The summed E-state index contributed by atoms with van der Waals surface area (Å²) in [6.07, 6.45) is 0.276. The quantitative estimate of drug-likeness (QED) is 0.397. The number of imide groups is 1. The van der Waals surface area contributed by atoms with Crippen LogP contribution in [0.25, 0.3) is 0 Å². The molecule has 0 aliphatic carbocycles. The van der Waals surface area contributed by atoms with Gasteiger partial charge in [-0.25, -0.2) is 18.4 Å². The third-order valence-electron chi connectivity index (χ3n) is 5.57. The summed E-state index contributed by atoms with van der Waals surface area (Å²) in [4.78, 5) is 50.9. The van der Waals surface area contributed by atoms with E-state index in [1.807, 2.05) is 0 Å². The Morgan fingerprint density at radius 2 is 1.61 bits per heavy atom. The Bertz CT molecular complexity index is 1540. The zero-order chi connectivity index (χ0) is 26.2. The number of benzene rings is 3. The number of hydrogen-bond acceptors (Lipinski definition) is 6. The van der Waals surface area contributed by atoms with E-state index >= 15 is 0 Å². The number of hydrogen-bond donors (Lipinski definition) is 3. The number of carboxylic acids is 1. The maximum atomic E-state index is 12.9. The Labute approximate surface area is 210 Å². The molecule has 36 heavy (non-hydrogen) atoms. The molecular weight excluding hydrogens is 510 g/mol. The van der Waals surface area contributed by atoms with Gasteiger partial charge < -0.3 is 10.4 Å². The maximum absolute atomic E-state index is 12.9. The molecule has 0 unspecified atom stereocenters. The van der Waals surface area contributed by atoms with Crippen LogP contribution in [-0.4, -0.2) is 48.7 Å². The van der Waals surface area contributed by atoms with Gasteiger partial charge in [0.1, 0.15) is 0 Å². The van der Waals surface area contributed by atoms with Gasteiger partial charge in [-0.05, 0) is 60.5 Å². The van der Waals surface area contributed by atoms with E-state index in [9.17, 15) is 32.7 Å². The fourth-order valence-corrected chi connectivity index (χ4v) is 4.41. The van der Waals surface area contributed by atoms with Crippen molar-refractivity contribution in [2.24, 2.45) is 5.14 Å². The Morgan fingerprint density at radius 3 is 2.25 bits per heavy atom. The van der Waals surface area contributed by atoms with Crippen LogP contribution < -0.4 is 10.5 Å². The molecule has 3 amide bonds. The average molecular weight is 528 g/mol. The first kappa shape index (κ1) is 25.0. The van der Waals surface area contributed by atoms with E-state index in [0.29, 0.717) is 5.56 Å². The fraction of sp³-hybridized carbons (Fsp3) is 0.0833. The van der Waals surface area contributed by atoms with Crippen molar-refractivity contribution in [2.45, 2.75) is 11.3 Å². The lowest BCUT2D eigenvalue weighted by atomic mass is 10.0. The summed E-state index contributed by atoms with van der Waals surface area (Å²) < 4.78 is 22.8. The van der Waals surface area contributed by atoms with Crippen molar-refractivity contribution in [2.75, 3.05) is 11.9 Å². The van der Waals surface area contributed by atoms with E-state index in [-0.39, 0.29) is 50.8 Å². The summed E-state index contributed by atoms with van der Waals surface area (Å²) >= 11 is 5.83. The molecule has 0 aromatic heterocycles. The van der Waals surface area contributed by atoms with Crippen LogP contribution in [0.2, 0.25) is 5.02 Å². The Morgan fingerprint density at radius 1 is 0.944 bits per heavy atom. The molecule has 12 heteroatoms. The van der Waals surface area contributed by atoms with E-state index in [1.54, 1.807) is 12.1 Å². The summed E-state index contributed by atoms with van der Waals surface area (Å²) in [6.45, 7) is 0.0370. The van der Waals surface area contributed by atoms with Crippen LogP contribution in [0.4, 0.5) is 5.69 Å². The van der Waals surface area contributed by atoms with E-state index < -0.39 is 33.7 Å². The number of carboxylic acid groups (broad SMARTS) is 1. The fourth-order valence-electron chi connectivity index (χ4n) is 3.72. The van der Waals surface area contributed by atoms with Gasteiger partial charge in [0.05, 0.1) is 27.3 Å². The second kappa shape index (κ2) is 9.53. The first-order chi connectivity index (χ1) is 17.0. The van der Waals surface area contributed by atoms with Crippen LogP contribution in [0.3, 0.4) is 0 Å². The molecule has 0 bridgehead atoms. The first-order valence-corrected chi connectivity index (χ1v) is 12.3. The van der Waals surface area contributed by atoms with Crippen LogP contribution in [0.1, 0.15) is 47.0 Å². The standard InChI is InChI=1S/C24H18ClN3O7S/c25-15-4-8-20(19(12-15)24(32)33)27-21(29)14-3-7-17-18(11-14)23(31)28(22(17)30)10-9-13-1-5-16(6-2-13)36(26,34)35/h1-8,11-12H,9-10H2,(H,27,29)(H,32,33)(H2,26,34,35). The number of amides is 3. The smallest absolute Gasteiger partial charge is 0.337 e. The molecule has 0 saturated heterocycles. The lowest BCUT2D eigenvalue weighted by Crippen LogP contribution is -2.31. The number of nitrogens with two attached hydrogens (primary N) is 1. The Hall–Kier alpha value is -4.06. The number of nitrogens with zero attached hydrogens (tertiary/aromatic N) is 1. The number of rotatable bonds is 7. The van der Waals surface area contributed by atoms with Crippen LogP contribution in [-0.2, 0) is 16.4 Å². The van der Waals surface area contributed by atoms with Gasteiger partial charge in [0, 0.05) is 17.1 Å². The van der Waals surface area contributed by atoms with Crippen LogP contribution >= 0.6 is 11.6 Å². The van der Waals surface area contributed by atoms with Gasteiger partial charge in [0.2, 0.25) is 10.0 Å². The van der Waals surface area contributed by atoms with Gasteiger partial charge in [0.25, 0.3) is 17.7 Å². The van der Waals surface area contributed by atoms with Gasteiger partial charge >= 0.3 is 5.97 Å². The van der Waals surface area contributed by atoms with Gasteiger partial charge in [-0.1, -0.05) is 23.7 Å². The minimum absolute atomic E-state index is 0.0230. The Kier molecular flexibility index (Phi) is 6.63. The highest BCUT2D eigenvalue weighted by molar-refractivity contribution is 7.89. The van der Waals surface area contributed by atoms with Gasteiger partial charge in [0.15, 0.2) is 0 Å². The highest BCUT2D eigenvalue weighted by Gasteiger charge is 2.35. The summed E-state index contributed by atoms with van der Waals surface area (Å²) in [5.74, 6) is -3.05. The molecule has 10 nitrogen and oxygen atoms in total. The molecule has 0 radical (unpaired) electrons. The summed E-state index contributed by atoms with van der Waals surface area (Å²) in [6, 6.07) is 13.8. The molecule has 1 aliphatic heterocycles. The Balaban J connectivity index is 1.50. The molecule has 4 rings (SSSR count). The highest BCUT2D eigenvalue weighted by atomic mass is 35.5. The van der Waals surface area contributed by atoms with Crippen molar-refractivity contribution in [1.29, 1.82) is 0 Å². The largest absolute Gasteiger partial charge is 0.478 e. The summed E-state index contributed by atoms with van der Waals surface area (Å²) in [5, 5.41) is 17.1. The second-order valence-corrected chi connectivity index (χ2v) is 9.91. The lowest BCUT2D eigenvalue weighted by molar-refractivity contribution is 0.0652. The van der Waals surface area contributed by atoms with Crippen LogP contribution in [0.5, 0.6) is 0 Å². The molecule has 0 fully saturated rings. The average Bonchev–Trinajstić information content (AvgIpc) is 3.07. The minimum atomic E-state index is -3.83. The highest BCUT2D eigenvalue weighted by Crippen LogP contribution is 2.26. The number of primary sulfonamides is 1. The molecule has 0 saturated carbocycles. The molecular formula is C24H18ClN3O7S. The monoisotopic (exact) mass is 527 g/mol. The van der Waals surface area contributed by atoms with E-state index in [1.165, 1.54) is 48.5 Å². The van der Waals surface area contributed by atoms with Crippen LogP contribution in [0, 0.1) is 0 Å². The van der Waals surface area contributed by atoms with E-state index in [2.05, 4.69) is 5.32 Å². The third kappa shape index (κ3) is 4.98. The van der Waals surface area contributed by atoms with Gasteiger partial charge in [-0.15, -0.1) is 0 Å². The minimum Gasteiger partial charge on any atom is -0.478 e. The number of aromatic carboxylic acids is 1. The number of halogens is 1. The number of carbonyl (C=O) groups excluding carboxylic acids is 3. The SMILES string of the molecule is NS(=O)(=O)c1ccc(CCN2C(=O)c3ccc(C(=O)Nc4ccc(Cl)cc4C(=O)O)cc3C2=O)cc1. The zero-order valence-corrected chi connectivity index (χ0v) is 20.0. The van der Waals surface area contributed by atoms with Crippen molar-refractivity contribution in [3.05, 3.63) is 93.5 Å². The van der Waals surface area contributed by atoms with Gasteiger partial charge in [-0.3, -0.25) is 19.3 Å². The van der Waals surface area contributed by atoms with Crippen molar-refractivity contribution in [3.63, 3.8) is 0 Å². The lowest BCUT2D eigenvalue weighted by Gasteiger charge is -2.13. The van der Waals surface area contributed by atoms with Crippen molar-refractivity contribution in [3.8, 4) is 0 Å². The molecule has 1 heterocycles. The molecule has 3 aromatic carbocycles. The summed E-state index contributed by atoms with van der Waals surface area (Å²) in [7, 11) is -3.83. The van der Waals surface area contributed by atoms with Crippen molar-refractivity contribution in [1.82, 2.24) is 4.90 Å². The molecule has 184 valence electrons. The number of anilines is 1. The molecule has 3 aromatic rings. The first-order valence-electron chi connectivity index (χ1n) is 10.4. The normalized spacial score (nSPS) is 13.0. The molecule has 0 spiro atoms. The van der Waals surface area contributed by atoms with Crippen LogP contribution in [0.15, 0.2) is 65.6 Å². The zero-order valence-electron chi connectivity index (χ0n) is 18.4. The number of fused-ring (bicyclic) bond motifs is 1. The number of nitrogens with one attached hydrogen (secondary N) is 1. The maximum Gasteiger partial charge on any atom is 0.337 e. The summed E-state index contributed by atoms with van der Waals surface area (Å²) in [5.41, 5.74) is 0.755. The second-order valence-electron chi connectivity index (χ2n) is 7.91. The van der Waals surface area contributed by atoms with Crippen molar-refractivity contribution < 1.29 is 32.7 Å². The predicted octanol–water partition coefficient (Wildman–Crippen LogP) is 2.78. The van der Waals surface area contributed by atoms with Crippen molar-refractivity contribution >= 4 is 51.0 Å². The molecule has 4 N–H and O–H groups in total. The molecule has 1 aliphatic rings.